The third kappa shape index (κ3) is 4.09. The molecule has 4 rings (SSSR count). The first-order valence-corrected chi connectivity index (χ1v) is 10.5. The lowest BCUT2D eigenvalue weighted by Gasteiger charge is -2.34. The van der Waals surface area contributed by atoms with Crippen molar-refractivity contribution in [1.29, 1.82) is 0 Å². The summed E-state index contributed by atoms with van der Waals surface area (Å²) in [6.45, 7) is 6.09. The number of thiazole rings is 1. The summed E-state index contributed by atoms with van der Waals surface area (Å²) >= 11 is 1.68. The molecule has 144 valence electrons. The lowest BCUT2D eigenvalue weighted by Crippen LogP contribution is -2.44. The Kier molecular flexibility index (Phi) is 5.31. The van der Waals surface area contributed by atoms with Crippen LogP contribution in [0.25, 0.3) is 11.3 Å². The number of nitrogens with two attached hydrogens (primary N) is 1. The number of rotatable bonds is 4. The van der Waals surface area contributed by atoms with Crippen LogP contribution in [0.15, 0.2) is 29.6 Å². The molecule has 2 aliphatic heterocycles. The number of carbonyl (C=O) groups is 1. The highest BCUT2D eigenvalue weighted by atomic mass is 32.1. The minimum Gasteiger partial charge on any atom is -0.369 e. The zero-order valence-corrected chi connectivity index (χ0v) is 16.6. The van der Waals surface area contributed by atoms with Crippen molar-refractivity contribution < 1.29 is 4.79 Å². The van der Waals surface area contributed by atoms with Gasteiger partial charge >= 0.3 is 0 Å². The van der Waals surface area contributed by atoms with Crippen LogP contribution in [-0.2, 0) is 4.79 Å². The fourth-order valence-corrected chi connectivity index (χ4v) is 4.69. The third-order valence-corrected chi connectivity index (χ3v) is 6.59. The summed E-state index contributed by atoms with van der Waals surface area (Å²) in [5.74, 6) is -0.155. The number of carbonyl (C=O) groups excluding carboxylic acids is 1. The lowest BCUT2D eigenvalue weighted by atomic mass is 9.97. The van der Waals surface area contributed by atoms with Gasteiger partial charge in [0.25, 0.3) is 0 Å². The van der Waals surface area contributed by atoms with Gasteiger partial charge in [0.1, 0.15) is 0 Å². The summed E-state index contributed by atoms with van der Waals surface area (Å²) < 4.78 is 0. The Labute approximate surface area is 164 Å². The Morgan fingerprint density at radius 3 is 2.33 bits per heavy atom. The number of aromatic nitrogens is 1. The molecule has 0 unspecified atom stereocenters. The maximum atomic E-state index is 11.3. The van der Waals surface area contributed by atoms with Gasteiger partial charge in [-0.2, -0.15) is 0 Å². The number of benzene rings is 1. The van der Waals surface area contributed by atoms with Crippen LogP contribution in [-0.4, -0.2) is 62.1 Å². The SMILES string of the molecule is CN1CCN(c2ccc(-c3csc(N4CCC(C(N)=O)CC4)n3)cc2)CC1. The summed E-state index contributed by atoms with van der Waals surface area (Å²) in [5, 5.41) is 3.16. The molecule has 2 saturated heterocycles. The van der Waals surface area contributed by atoms with Crippen molar-refractivity contribution in [2.24, 2.45) is 11.7 Å². The Morgan fingerprint density at radius 1 is 1.04 bits per heavy atom. The van der Waals surface area contributed by atoms with E-state index in [4.69, 9.17) is 10.7 Å². The van der Waals surface area contributed by atoms with E-state index in [0.717, 1.165) is 68.5 Å². The molecule has 0 bridgehead atoms. The van der Waals surface area contributed by atoms with Gasteiger partial charge in [0, 0.05) is 61.8 Å². The number of nitrogens with zero attached hydrogens (tertiary/aromatic N) is 4. The van der Waals surface area contributed by atoms with Gasteiger partial charge in [-0.15, -0.1) is 11.3 Å². The lowest BCUT2D eigenvalue weighted by molar-refractivity contribution is -0.122. The van der Waals surface area contributed by atoms with Crippen molar-refractivity contribution in [1.82, 2.24) is 9.88 Å². The molecule has 1 amide bonds. The molecule has 2 aromatic rings. The Hall–Kier alpha value is -2.12. The second-order valence-corrected chi connectivity index (χ2v) is 8.35. The van der Waals surface area contributed by atoms with Crippen LogP contribution >= 0.6 is 11.3 Å². The van der Waals surface area contributed by atoms with Crippen molar-refractivity contribution in [3.8, 4) is 11.3 Å². The fraction of sp³-hybridized carbons (Fsp3) is 0.500. The van der Waals surface area contributed by atoms with Crippen LogP contribution in [0.5, 0.6) is 0 Å². The molecule has 6 nitrogen and oxygen atoms in total. The van der Waals surface area contributed by atoms with Crippen molar-refractivity contribution in [2.45, 2.75) is 12.8 Å². The quantitative estimate of drug-likeness (QED) is 0.875. The van der Waals surface area contributed by atoms with Gasteiger partial charge in [-0.25, -0.2) is 4.98 Å². The third-order valence-electron chi connectivity index (χ3n) is 5.69. The topological polar surface area (TPSA) is 65.7 Å². The monoisotopic (exact) mass is 385 g/mol. The fourth-order valence-electron chi connectivity index (χ4n) is 3.81. The summed E-state index contributed by atoms with van der Waals surface area (Å²) in [6, 6.07) is 8.76. The Morgan fingerprint density at radius 2 is 1.70 bits per heavy atom. The van der Waals surface area contributed by atoms with E-state index in [1.807, 2.05) is 0 Å². The standard InChI is InChI=1S/C20H27N5OS/c1-23-10-12-24(13-11-23)17-4-2-15(3-5-17)18-14-27-20(22-18)25-8-6-16(7-9-25)19(21)26/h2-5,14,16H,6-13H2,1H3,(H2,21,26). The van der Waals surface area contributed by atoms with Crippen LogP contribution in [0.1, 0.15) is 12.8 Å². The average Bonchev–Trinajstić information content (AvgIpc) is 3.19. The van der Waals surface area contributed by atoms with Gasteiger partial charge in [-0.3, -0.25) is 4.79 Å². The average molecular weight is 386 g/mol. The predicted octanol–water partition coefficient (Wildman–Crippen LogP) is 2.26. The number of piperazine rings is 1. The number of primary amides is 1. The van der Waals surface area contributed by atoms with Crippen molar-refractivity contribution in [3.63, 3.8) is 0 Å². The molecule has 2 fully saturated rings. The van der Waals surface area contributed by atoms with Crippen LogP contribution in [0.3, 0.4) is 0 Å². The highest BCUT2D eigenvalue weighted by Crippen LogP contribution is 2.31. The second kappa shape index (κ2) is 7.86. The van der Waals surface area contributed by atoms with E-state index in [2.05, 4.69) is 51.4 Å². The molecule has 1 aromatic carbocycles. The van der Waals surface area contributed by atoms with E-state index < -0.39 is 0 Å². The maximum absolute atomic E-state index is 11.3. The number of hydrogen-bond acceptors (Lipinski definition) is 6. The highest BCUT2D eigenvalue weighted by molar-refractivity contribution is 7.14. The minimum atomic E-state index is -0.171. The van der Waals surface area contributed by atoms with Gasteiger partial charge in [0.15, 0.2) is 5.13 Å². The largest absolute Gasteiger partial charge is 0.369 e. The summed E-state index contributed by atoms with van der Waals surface area (Å²) in [5.41, 5.74) is 8.90. The predicted molar refractivity (Wildman–Crippen MR) is 111 cm³/mol. The van der Waals surface area contributed by atoms with Crippen LogP contribution in [0, 0.1) is 5.92 Å². The molecule has 27 heavy (non-hydrogen) atoms. The number of amides is 1. The number of hydrogen-bond donors (Lipinski definition) is 1. The molecule has 0 aliphatic carbocycles. The van der Waals surface area contributed by atoms with E-state index in [0.29, 0.717) is 0 Å². The van der Waals surface area contributed by atoms with Crippen molar-refractivity contribution in [3.05, 3.63) is 29.6 Å². The van der Waals surface area contributed by atoms with Crippen molar-refractivity contribution in [2.75, 3.05) is 56.1 Å². The summed E-state index contributed by atoms with van der Waals surface area (Å²) in [7, 11) is 2.18. The molecule has 0 saturated carbocycles. The van der Waals surface area contributed by atoms with Crippen molar-refractivity contribution >= 4 is 28.1 Å². The van der Waals surface area contributed by atoms with E-state index >= 15 is 0 Å². The van der Waals surface area contributed by atoms with Gasteiger partial charge in [0.2, 0.25) is 5.91 Å². The van der Waals surface area contributed by atoms with Crippen LogP contribution < -0.4 is 15.5 Å². The first kappa shape index (κ1) is 18.3. The van der Waals surface area contributed by atoms with Gasteiger partial charge in [-0.1, -0.05) is 12.1 Å². The second-order valence-electron chi connectivity index (χ2n) is 7.52. The van der Waals surface area contributed by atoms with E-state index in [1.165, 1.54) is 5.69 Å². The van der Waals surface area contributed by atoms with Crippen LogP contribution in [0.2, 0.25) is 0 Å². The molecule has 0 radical (unpaired) electrons. The molecular formula is C20H27N5OS. The number of anilines is 2. The Balaban J connectivity index is 1.40. The maximum Gasteiger partial charge on any atom is 0.220 e. The molecule has 0 spiro atoms. The van der Waals surface area contributed by atoms with E-state index in [-0.39, 0.29) is 11.8 Å². The zero-order chi connectivity index (χ0) is 18.8. The Bertz CT molecular complexity index is 774. The van der Waals surface area contributed by atoms with Gasteiger partial charge < -0.3 is 20.4 Å². The van der Waals surface area contributed by atoms with Gasteiger partial charge in [-0.05, 0) is 32.0 Å². The number of piperidine rings is 1. The van der Waals surface area contributed by atoms with Crippen LogP contribution in [0.4, 0.5) is 10.8 Å². The molecule has 0 atom stereocenters. The molecule has 7 heteroatoms. The summed E-state index contributed by atoms with van der Waals surface area (Å²) in [4.78, 5) is 23.2. The molecule has 2 aliphatic rings. The molecule has 2 N–H and O–H groups in total. The molecule has 3 heterocycles. The zero-order valence-electron chi connectivity index (χ0n) is 15.8. The van der Waals surface area contributed by atoms with E-state index in [9.17, 15) is 4.79 Å². The van der Waals surface area contributed by atoms with E-state index in [1.54, 1.807) is 11.3 Å². The smallest absolute Gasteiger partial charge is 0.220 e. The number of likely N-dealkylation sites (N-methyl/N-ethyl adjacent to an activating group) is 1. The minimum absolute atomic E-state index is 0.0165. The first-order valence-electron chi connectivity index (χ1n) is 9.64. The summed E-state index contributed by atoms with van der Waals surface area (Å²) in [6.07, 6.45) is 1.65. The molecule has 1 aromatic heterocycles. The normalized spacial score (nSPS) is 19.4. The molecular weight excluding hydrogens is 358 g/mol. The highest BCUT2D eigenvalue weighted by Gasteiger charge is 2.24. The first-order chi connectivity index (χ1) is 13.1. The van der Waals surface area contributed by atoms with Gasteiger partial charge in [0.05, 0.1) is 5.69 Å².